The van der Waals surface area contributed by atoms with Crippen LogP contribution in [0.25, 0.3) is 10.9 Å². The molecule has 4 heteroatoms. The van der Waals surface area contributed by atoms with E-state index in [-0.39, 0.29) is 11.6 Å². The first-order chi connectivity index (χ1) is 13.0. The van der Waals surface area contributed by atoms with E-state index < -0.39 is 0 Å². The number of aryl methyl sites for hydroxylation is 1. The van der Waals surface area contributed by atoms with Gasteiger partial charge in [0.25, 0.3) is 0 Å². The third-order valence-electron chi connectivity index (χ3n) is 6.12. The lowest BCUT2D eigenvalue weighted by Crippen LogP contribution is -2.34. The molecule has 1 fully saturated rings. The van der Waals surface area contributed by atoms with Crippen LogP contribution in [0.15, 0.2) is 18.2 Å². The SMILES string of the molecule is CCN(CC)CCc1ccc2[nH]c(C)c(C(=O)OC3(C)CCCCC3)c2c1. The molecular formula is C23H34N2O2. The van der Waals surface area contributed by atoms with Crippen LogP contribution >= 0.6 is 0 Å². The number of carbonyl (C=O) groups excluding carboxylic acids is 1. The van der Waals surface area contributed by atoms with Gasteiger partial charge >= 0.3 is 5.97 Å². The van der Waals surface area contributed by atoms with Crippen LogP contribution in [0.1, 0.15) is 74.5 Å². The highest BCUT2D eigenvalue weighted by molar-refractivity contribution is 6.05. The maximum Gasteiger partial charge on any atom is 0.341 e. The number of hydrogen-bond donors (Lipinski definition) is 1. The molecule has 0 aliphatic heterocycles. The number of nitrogens with one attached hydrogen (secondary N) is 1. The first kappa shape index (κ1) is 19.9. The quantitative estimate of drug-likeness (QED) is 0.678. The van der Waals surface area contributed by atoms with Gasteiger partial charge in [-0.1, -0.05) is 26.3 Å². The molecule has 3 rings (SSSR count). The summed E-state index contributed by atoms with van der Waals surface area (Å²) in [5.74, 6) is -0.177. The van der Waals surface area contributed by atoms with Crippen LogP contribution in [0.4, 0.5) is 0 Å². The standard InChI is InChI=1S/C23H34N2O2/c1-5-25(6-2)15-12-18-10-11-20-19(16-18)21(17(3)24-20)22(26)27-23(4)13-8-7-9-14-23/h10-11,16,24H,5-9,12-15H2,1-4H3. The molecule has 1 heterocycles. The number of rotatable bonds is 7. The van der Waals surface area contributed by atoms with Gasteiger partial charge in [-0.2, -0.15) is 0 Å². The summed E-state index contributed by atoms with van der Waals surface area (Å²) >= 11 is 0. The van der Waals surface area contributed by atoms with Crippen molar-refractivity contribution in [2.24, 2.45) is 0 Å². The highest BCUT2D eigenvalue weighted by Crippen LogP contribution is 2.33. The third-order valence-corrected chi connectivity index (χ3v) is 6.12. The number of nitrogens with zero attached hydrogens (tertiary/aromatic N) is 1. The van der Waals surface area contributed by atoms with Gasteiger partial charge in [0.1, 0.15) is 5.60 Å². The van der Waals surface area contributed by atoms with Gasteiger partial charge in [-0.25, -0.2) is 4.79 Å². The highest BCUT2D eigenvalue weighted by atomic mass is 16.6. The average molecular weight is 371 g/mol. The predicted molar refractivity (Wildman–Crippen MR) is 111 cm³/mol. The normalized spacial score (nSPS) is 16.8. The summed E-state index contributed by atoms with van der Waals surface area (Å²) in [5.41, 5.74) is 3.58. The van der Waals surface area contributed by atoms with E-state index in [0.29, 0.717) is 5.56 Å². The van der Waals surface area contributed by atoms with E-state index in [0.717, 1.165) is 68.3 Å². The van der Waals surface area contributed by atoms with Gasteiger partial charge < -0.3 is 14.6 Å². The summed E-state index contributed by atoms with van der Waals surface area (Å²) in [6.07, 6.45) is 6.46. The first-order valence-electron chi connectivity index (χ1n) is 10.5. The molecule has 27 heavy (non-hydrogen) atoms. The minimum Gasteiger partial charge on any atom is -0.456 e. The Kier molecular flexibility index (Phi) is 6.25. The summed E-state index contributed by atoms with van der Waals surface area (Å²) in [6, 6.07) is 6.43. The molecule has 1 saturated carbocycles. The van der Waals surface area contributed by atoms with Crippen molar-refractivity contribution in [2.45, 2.75) is 71.8 Å². The molecule has 0 spiro atoms. The fourth-order valence-corrected chi connectivity index (χ4v) is 4.30. The van der Waals surface area contributed by atoms with Gasteiger partial charge in [-0.3, -0.25) is 0 Å². The maximum atomic E-state index is 13.0. The Bertz CT molecular complexity index is 783. The number of benzene rings is 1. The number of aromatic nitrogens is 1. The molecule has 0 atom stereocenters. The van der Waals surface area contributed by atoms with Crippen LogP contribution in [0, 0.1) is 6.92 Å². The number of likely N-dealkylation sites (N-methyl/N-ethyl adjacent to an activating group) is 1. The second kappa shape index (κ2) is 8.47. The molecule has 1 aliphatic rings. The van der Waals surface area contributed by atoms with Gasteiger partial charge in [0.15, 0.2) is 0 Å². The van der Waals surface area contributed by atoms with Crippen LogP contribution < -0.4 is 0 Å². The van der Waals surface area contributed by atoms with E-state index in [4.69, 9.17) is 4.74 Å². The smallest absolute Gasteiger partial charge is 0.341 e. The fraction of sp³-hybridized carbons (Fsp3) is 0.609. The molecule has 2 aromatic rings. The van der Waals surface area contributed by atoms with Crippen molar-refractivity contribution in [3.05, 3.63) is 35.0 Å². The topological polar surface area (TPSA) is 45.3 Å². The van der Waals surface area contributed by atoms with Crippen molar-refractivity contribution in [3.63, 3.8) is 0 Å². The van der Waals surface area contributed by atoms with Gasteiger partial charge in [0.05, 0.1) is 5.56 Å². The molecule has 0 bridgehead atoms. The lowest BCUT2D eigenvalue weighted by atomic mass is 9.86. The van der Waals surface area contributed by atoms with Crippen LogP contribution in [0.2, 0.25) is 0 Å². The van der Waals surface area contributed by atoms with Crippen molar-refractivity contribution in [3.8, 4) is 0 Å². The van der Waals surface area contributed by atoms with Gasteiger partial charge in [-0.15, -0.1) is 0 Å². The Morgan fingerprint density at radius 1 is 1.19 bits per heavy atom. The first-order valence-corrected chi connectivity index (χ1v) is 10.5. The van der Waals surface area contributed by atoms with Crippen molar-refractivity contribution in [1.82, 2.24) is 9.88 Å². The summed E-state index contributed by atoms with van der Waals surface area (Å²) in [4.78, 5) is 18.8. The molecule has 148 valence electrons. The van der Waals surface area contributed by atoms with Crippen LogP contribution in [0.5, 0.6) is 0 Å². The largest absolute Gasteiger partial charge is 0.456 e. The second-order valence-corrected chi connectivity index (χ2v) is 8.18. The maximum absolute atomic E-state index is 13.0. The summed E-state index contributed by atoms with van der Waals surface area (Å²) in [7, 11) is 0. The van der Waals surface area contributed by atoms with Gasteiger partial charge in [0.2, 0.25) is 0 Å². The molecule has 0 saturated heterocycles. The van der Waals surface area contributed by atoms with Crippen LogP contribution in [0.3, 0.4) is 0 Å². The van der Waals surface area contributed by atoms with E-state index in [1.807, 2.05) is 6.92 Å². The number of carbonyl (C=O) groups is 1. The zero-order valence-corrected chi connectivity index (χ0v) is 17.4. The Labute approximate surface area is 163 Å². The number of hydrogen-bond acceptors (Lipinski definition) is 3. The molecule has 0 unspecified atom stereocenters. The van der Waals surface area contributed by atoms with Crippen molar-refractivity contribution >= 4 is 16.9 Å². The zero-order valence-electron chi connectivity index (χ0n) is 17.4. The molecule has 1 aromatic heterocycles. The molecule has 0 radical (unpaired) electrons. The zero-order chi connectivity index (χ0) is 19.4. The minimum absolute atomic E-state index is 0.177. The third kappa shape index (κ3) is 4.55. The number of H-pyrrole nitrogens is 1. The van der Waals surface area contributed by atoms with Crippen molar-refractivity contribution < 1.29 is 9.53 Å². The monoisotopic (exact) mass is 370 g/mol. The molecule has 4 nitrogen and oxygen atoms in total. The molecule has 1 N–H and O–H groups in total. The Hall–Kier alpha value is -1.81. The average Bonchev–Trinajstić information content (AvgIpc) is 2.98. The summed E-state index contributed by atoms with van der Waals surface area (Å²) < 4.78 is 6.02. The van der Waals surface area contributed by atoms with E-state index in [2.05, 4.69) is 48.9 Å². The Morgan fingerprint density at radius 2 is 1.89 bits per heavy atom. The minimum atomic E-state index is -0.314. The second-order valence-electron chi connectivity index (χ2n) is 8.18. The van der Waals surface area contributed by atoms with E-state index >= 15 is 0 Å². The molecule has 0 amide bonds. The van der Waals surface area contributed by atoms with E-state index in [9.17, 15) is 4.79 Å². The van der Waals surface area contributed by atoms with Crippen molar-refractivity contribution in [1.29, 1.82) is 0 Å². The molecular weight excluding hydrogens is 336 g/mol. The van der Waals surface area contributed by atoms with Crippen molar-refractivity contribution in [2.75, 3.05) is 19.6 Å². The number of aromatic amines is 1. The van der Waals surface area contributed by atoms with Crippen LogP contribution in [-0.4, -0.2) is 41.1 Å². The summed E-state index contributed by atoms with van der Waals surface area (Å²) in [6.45, 7) is 11.6. The number of esters is 1. The van der Waals surface area contributed by atoms with Gasteiger partial charge in [-0.05, 0) is 76.7 Å². The Balaban J connectivity index is 1.82. The number of fused-ring (bicyclic) bond motifs is 1. The van der Waals surface area contributed by atoms with Gasteiger partial charge in [0, 0.05) is 23.1 Å². The lowest BCUT2D eigenvalue weighted by Gasteiger charge is -2.33. The summed E-state index contributed by atoms with van der Waals surface area (Å²) in [5, 5.41) is 0.994. The fourth-order valence-electron chi connectivity index (χ4n) is 4.30. The van der Waals surface area contributed by atoms with Crippen LogP contribution in [-0.2, 0) is 11.2 Å². The predicted octanol–water partition coefficient (Wildman–Crippen LogP) is 5.24. The lowest BCUT2D eigenvalue weighted by molar-refractivity contribution is -0.0267. The number of ether oxygens (including phenoxy) is 1. The van der Waals surface area contributed by atoms with E-state index in [1.54, 1.807) is 0 Å². The Morgan fingerprint density at radius 3 is 2.56 bits per heavy atom. The highest BCUT2D eigenvalue weighted by Gasteiger charge is 2.32. The molecule has 1 aliphatic carbocycles. The molecule has 1 aromatic carbocycles. The van der Waals surface area contributed by atoms with E-state index in [1.165, 1.54) is 12.0 Å².